The molecule has 0 unspecified atom stereocenters. The molecule has 0 spiro atoms. The zero-order valence-electron chi connectivity index (χ0n) is 10.7. The summed E-state index contributed by atoms with van der Waals surface area (Å²) in [6, 6.07) is 8.14. The zero-order valence-corrected chi connectivity index (χ0v) is 10.7. The number of nitrogens with one attached hydrogen (secondary N) is 1. The van der Waals surface area contributed by atoms with E-state index < -0.39 is 0 Å². The van der Waals surface area contributed by atoms with Crippen LogP contribution in [0.15, 0.2) is 43.0 Å². The topological polar surface area (TPSA) is 39.1 Å². The second-order valence-electron chi connectivity index (χ2n) is 4.02. The second-order valence-corrected chi connectivity index (χ2v) is 4.02. The number of benzene rings is 1. The SMILES string of the molecule is CCOc1ccccc1CNCCn1ccnc1. The van der Waals surface area contributed by atoms with Crippen LogP contribution in [0.2, 0.25) is 0 Å². The third-order valence-electron chi connectivity index (χ3n) is 2.69. The lowest BCUT2D eigenvalue weighted by atomic mass is 10.2. The van der Waals surface area contributed by atoms with Gasteiger partial charge >= 0.3 is 0 Å². The third kappa shape index (κ3) is 3.60. The Morgan fingerprint density at radius 3 is 3.00 bits per heavy atom. The molecule has 0 fully saturated rings. The lowest BCUT2D eigenvalue weighted by molar-refractivity contribution is 0.335. The van der Waals surface area contributed by atoms with E-state index in [9.17, 15) is 0 Å². The van der Waals surface area contributed by atoms with Crippen LogP contribution < -0.4 is 10.1 Å². The molecule has 1 aromatic carbocycles. The highest BCUT2D eigenvalue weighted by Gasteiger charge is 2.01. The van der Waals surface area contributed by atoms with Gasteiger partial charge in [0.2, 0.25) is 0 Å². The molecule has 0 aliphatic heterocycles. The Morgan fingerprint density at radius 2 is 2.22 bits per heavy atom. The number of hydrogen-bond acceptors (Lipinski definition) is 3. The molecule has 2 aromatic rings. The van der Waals surface area contributed by atoms with Gasteiger partial charge in [-0.3, -0.25) is 0 Å². The van der Waals surface area contributed by atoms with Crippen molar-refractivity contribution >= 4 is 0 Å². The summed E-state index contributed by atoms with van der Waals surface area (Å²) in [5.74, 6) is 0.968. The average Bonchev–Trinajstić information content (AvgIpc) is 2.90. The van der Waals surface area contributed by atoms with Crippen LogP contribution in [0.3, 0.4) is 0 Å². The summed E-state index contributed by atoms with van der Waals surface area (Å²) < 4.78 is 7.64. The molecule has 1 aromatic heterocycles. The van der Waals surface area contributed by atoms with Gasteiger partial charge in [-0.05, 0) is 13.0 Å². The molecule has 0 radical (unpaired) electrons. The van der Waals surface area contributed by atoms with Crippen LogP contribution in [-0.2, 0) is 13.1 Å². The Hall–Kier alpha value is -1.81. The van der Waals surface area contributed by atoms with Crippen molar-refractivity contribution in [3.63, 3.8) is 0 Å². The van der Waals surface area contributed by atoms with Crippen LogP contribution >= 0.6 is 0 Å². The van der Waals surface area contributed by atoms with Crippen LogP contribution in [-0.4, -0.2) is 22.7 Å². The monoisotopic (exact) mass is 245 g/mol. The summed E-state index contributed by atoms with van der Waals surface area (Å²) in [7, 11) is 0. The van der Waals surface area contributed by atoms with Crippen LogP contribution in [0, 0.1) is 0 Å². The summed E-state index contributed by atoms with van der Waals surface area (Å²) in [6.45, 7) is 5.37. The van der Waals surface area contributed by atoms with Crippen LogP contribution in [0.1, 0.15) is 12.5 Å². The Bertz CT molecular complexity index is 454. The van der Waals surface area contributed by atoms with Gasteiger partial charge in [0.15, 0.2) is 0 Å². The first-order valence-electron chi connectivity index (χ1n) is 6.27. The highest BCUT2D eigenvalue weighted by Crippen LogP contribution is 2.17. The Balaban J connectivity index is 1.79. The van der Waals surface area contributed by atoms with Gasteiger partial charge in [0, 0.05) is 37.6 Å². The van der Waals surface area contributed by atoms with Crippen molar-refractivity contribution in [2.75, 3.05) is 13.2 Å². The lowest BCUT2D eigenvalue weighted by Gasteiger charge is -2.11. The van der Waals surface area contributed by atoms with Gasteiger partial charge in [-0.2, -0.15) is 0 Å². The molecule has 0 saturated carbocycles. The summed E-state index contributed by atoms with van der Waals surface area (Å²) >= 11 is 0. The van der Waals surface area contributed by atoms with E-state index in [-0.39, 0.29) is 0 Å². The van der Waals surface area contributed by atoms with E-state index in [1.54, 1.807) is 6.20 Å². The van der Waals surface area contributed by atoms with Crippen molar-refractivity contribution in [2.24, 2.45) is 0 Å². The van der Waals surface area contributed by atoms with Crippen molar-refractivity contribution in [3.8, 4) is 5.75 Å². The lowest BCUT2D eigenvalue weighted by Crippen LogP contribution is -2.19. The first-order valence-corrected chi connectivity index (χ1v) is 6.27. The highest BCUT2D eigenvalue weighted by molar-refractivity contribution is 5.33. The van der Waals surface area contributed by atoms with Gasteiger partial charge in [-0.15, -0.1) is 0 Å². The second kappa shape index (κ2) is 6.81. The van der Waals surface area contributed by atoms with Gasteiger partial charge in [-0.1, -0.05) is 18.2 Å². The maximum absolute atomic E-state index is 5.58. The first-order chi connectivity index (χ1) is 8.90. The molecular weight excluding hydrogens is 226 g/mol. The standard InChI is InChI=1S/C14H19N3O/c1-2-18-14-6-4-3-5-13(14)11-15-7-9-17-10-8-16-12-17/h3-6,8,10,12,15H,2,7,9,11H2,1H3. The molecule has 0 amide bonds. The fraction of sp³-hybridized carbons (Fsp3) is 0.357. The molecule has 4 nitrogen and oxygen atoms in total. The van der Waals surface area contributed by atoms with E-state index in [4.69, 9.17) is 4.74 Å². The Morgan fingerprint density at radius 1 is 1.33 bits per heavy atom. The van der Waals surface area contributed by atoms with Gasteiger partial charge in [0.25, 0.3) is 0 Å². The van der Waals surface area contributed by atoms with Crippen molar-refractivity contribution in [1.29, 1.82) is 0 Å². The van der Waals surface area contributed by atoms with Gasteiger partial charge in [0.1, 0.15) is 5.75 Å². The number of ether oxygens (including phenoxy) is 1. The van der Waals surface area contributed by atoms with Crippen molar-refractivity contribution in [1.82, 2.24) is 14.9 Å². The van der Waals surface area contributed by atoms with Gasteiger partial charge in [0.05, 0.1) is 12.9 Å². The third-order valence-corrected chi connectivity index (χ3v) is 2.69. The van der Waals surface area contributed by atoms with E-state index in [2.05, 4.69) is 20.9 Å². The van der Waals surface area contributed by atoms with E-state index in [1.165, 1.54) is 5.56 Å². The predicted molar refractivity (Wildman–Crippen MR) is 71.5 cm³/mol. The Labute approximate surface area is 108 Å². The van der Waals surface area contributed by atoms with Crippen molar-refractivity contribution in [2.45, 2.75) is 20.0 Å². The maximum Gasteiger partial charge on any atom is 0.123 e. The first kappa shape index (κ1) is 12.6. The van der Waals surface area contributed by atoms with E-state index in [0.717, 1.165) is 25.4 Å². The fourth-order valence-electron chi connectivity index (χ4n) is 1.80. The molecule has 18 heavy (non-hydrogen) atoms. The molecule has 0 saturated heterocycles. The van der Waals surface area contributed by atoms with Crippen molar-refractivity contribution in [3.05, 3.63) is 48.5 Å². The number of para-hydroxylation sites is 1. The minimum Gasteiger partial charge on any atom is -0.494 e. The number of nitrogens with zero attached hydrogens (tertiary/aromatic N) is 2. The molecule has 4 heteroatoms. The predicted octanol–water partition coefficient (Wildman–Crippen LogP) is 2.07. The van der Waals surface area contributed by atoms with Crippen LogP contribution in [0.4, 0.5) is 0 Å². The minimum atomic E-state index is 0.700. The van der Waals surface area contributed by atoms with Gasteiger partial charge in [-0.25, -0.2) is 4.98 Å². The molecule has 1 heterocycles. The number of aromatic nitrogens is 2. The number of hydrogen-bond donors (Lipinski definition) is 1. The van der Waals surface area contributed by atoms with E-state index in [1.807, 2.05) is 37.6 Å². The molecule has 0 aliphatic carbocycles. The molecule has 2 rings (SSSR count). The minimum absolute atomic E-state index is 0.700. The van der Waals surface area contributed by atoms with Crippen molar-refractivity contribution < 1.29 is 4.74 Å². The quantitative estimate of drug-likeness (QED) is 0.759. The molecule has 96 valence electrons. The fourth-order valence-corrected chi connectivity index (χ4v) is 1.80. The largest absolute Gasteiger partial charge is 0.494 e. The average molecular weight is 245 g/mol. The number of rotatable bonds is 7. The van der Waals surface area contributed by atoms with E-state index >= 15 is 0 Å². The molecule has 0 bridgehead atoms. The normalized spacial score (nSPS) is 10.5. The van der Waals surface area contributed by atoms with Crippen LogP contribution in [0.25, 0.3) is 0 Å². The maximum atomic E-state index is 5.58. The molecular formula is C14H19N3O. The van der Waals surface area contributed by atoms with E-state index in [0.29, 0.717) is 6.61 Å². The molecule has 1 N–H and O–H groups in total. The zero-order chi connectivity index (χ0) is 12.6. The van der Waals surface area contributed by atoms with Gasteiger partial charge < -0.3 is 14.6 Å². The Kier molecular flexibility index (Phi) is 4.78. The summed E-state index contributed by atoms with van der Waals surface area (Å²) in [5.41, 5.74) is 1.20. The molecule has 0 aliphatic rings. The van der Waals surface area contributed by atoms with Crippen LogP contribution in [0.5, 0.6) is 5.75 Å². The summed E-state index contributed by atoms with van der Waals surface area (Å²) in [4.78, 5) is 4.01. The smallest absolute Gasteiger partial charge is 0.123 e. The highest BCUT2D eigenvalue weighted by atomic mass is 16.5. The summed E-state index contributed by atoms with van der Waals surface area (Å²) in [5, 5.41) is 3.41. The summed E-state index contributed by atoms with van der Waals surface area (Å²) in [6.07, 6.45) is 5.59. The molecule has 0 atom stereocenters. The number of imidazole rings is 1.